The Bertz CT molecular complexity index is 1710. The van der Waals surface area contributed by atoms with Crippen LogP contribution in [-0.4, -0.2) is 27.2 Å². The number of para-hydroxylation sites is 1. The van der Waals surface area contributed by atoms with Gasteiger partial charge in [0.15, 0.2) is 0 Å². The molecule has 0 saturated carbocycles. The van der Waals surface area contributed by atoms with Crippen molar-refractivity contribution in [3.63, 3.8) is 0 Å². The maximum atomic E-state index is 12.6. The van der Waals surface area contributed by atoms with Crippen LogP contribution in [0, 0.1) is 0 Å². The summed E-state index contributed by atoms with van der Waals surface area (Å²) in [5.41, 5.74) is 0.867. The van der Waals surface area contributed by atoms with Crippen LogP contribution in [0.2, 0.25) is 0 Å². The van der Waals surface area contributed by atoms with Crippen LogP contribution in [0.4, 0.5) is 0 Å². The molecule has 0 aliphatic rings. The highest BCUT2D eigenvalue weighted by molar-refractivity contribution is 7.86. The summed E-state index contributed by atoms with van der Waals surface area (Å²) in [6.07, 6.45) is 0. The Labute approximate surface area is 197 Å². The smallest absolute Gasteiger partial charge is 0.295 e. The fraction of sp³-hybridized carbons (Fsp3) is 0.0769. The number of hydrogen-bond acceptors (Lipinski definition) is 5. The standard InChI is InChI=1S/C26H21O6PS/c1-30-18-10-4-6-15-23(18)33-22-14-5-3-9-17(22)25-19(31-2)11-7-12-20(25)32-21-13-8-16-24(26(21)33)34(27,28)29/h3-16H,1-2H3,(H,27,28,29). The topological polar surface area (TPSA) is 86.0 Å². The van der Waals surface area contributed by atoms with Crippen molar-refractivity contribution < 1.29 is 26.9 Å². The van der Waals surface area contributed by atoms with Crippen molar-refractivity contribution in [1.82, 2.24) is 0 Å². The van der Waals surface area contributed by atoms with Gasteiger partial charge in [0.25, 0.3) is 10.1 Å². The zero-order valence-corrected chi connectivity index (χ0v) is 20.1. The van der Waals surface area contributed by atoms with Crippen molar-refractivity contribution in [3.8, 4) is 16.8 Å². The molecular weight excluding hydrogens is 471 g/mol. The van der Waals surface area contributed by atoms with Gasteiger partial charge < -0.3 is 13.9 Å². The monoisotopic (exact) mass is 492 g/mol. The molecule has 1 N–H and O–H groups in total. The van der Waals surface area contributed by atoms with E-state index < -0.39 is 17.7 Å². The van der Waals surface area contributed by atoms with Crippen LogP contribution < -0.4 is 9.47 Å². The molecule has 5 rings (SSSR count). The fourth-order valence-electron chi connectivity index (χ4n) is 4.23. The van der Waals surface area contributed by atoms with Gasteiger partial charge in [-0.05, 0) is 36.4 Å². The van der Waals surface area contributed by atoms with Crippen LogP contribution in [0.15, 0.2) is 94.2 Å². The molecule has 0 saturated heterocycles. The summed E-state index contributed by atoms with van der Waals surface area (Å²) in [6, 6.07) is 25.4. The highest BCUT2D eigenvalue weighted by Gasteiger charge is 2.22. The molecule has 1 atom stereocenters. The first-order chi connectivity index (χ1) is 16.4. The highest BCUT2D eigenvalue weighted by atomic mass is 32.2. The van der Waals surface area contributed by atoms with Gasteiger partial charge in [0.05, 0.1) is 24.7 Å². The van der Waals surface area contributed by atoms with Crippen molar-refractivity contribution in [1.29, 1.82) is 0 Å². The van der Waals surface area contributed by atoms with Crippen molar-refractivity contribution >= 4 is 49.8 Å². The van der Waals surface area contributed by atoms with Gasteiger partial charge in [-0.15, -0.1) is 0 Å². The van der Waals surface area contributed by atoms with E-state index in [9.17, 15) is 13.0 Å². The molecule has 34 heavy (non-hydrogen) atoms. The van der Waals surface area contributed by atoms with E-state index in [-0.39, 0.29) is 4.90 Å². The fourth-order valence-corrected chi connectivity index (χ4v) is 8.10. The van der Waals surface area contributed by atoms with Gasteiger partial charge in [0, 0.05) is 15.8 Å². The predicted molar refractivity (Wildman–Crippen MR) is 136 cm³/mol. The molecule has 0 aliphatic heterocycles. The minimum Gasteiger partial charge on any atom is -0.496 e. The van der Waals surface area contributed by atoms with Crippen LogP contribution in [0.25, 0.3) is 37.5 Å². The van der Waals surface area contributed by atoms with Gasteiger partial charge in [0.2, 0.25) is 0 Å². The summed E-state index contributed by atoms with van der Waals surface area (Å²) in [7, 11) is -2.92. The predicted octanol–water partition coefficient (Wildman–Crippen LogP) is 7.10. The minimum atomic E-state index is -4.55. The number of rotatable bonds is 4. The quantitative estimate of drug-likeness (QED) is 0.269. The lowest BCUT2D eigenvalue weighted by Gasteiger charge is -2.16. The zero-order valence-electron chi connectivity index (χ0n) is 18.4. The van der Waals surface area contributed by atoms with Crippen LogP contribution in [0.1, 0.15) is 0 Å². The highest BCUT2D eigenvalue weighted by Crippen LogP contribution is 2.56. The lowest BCUT2D eigenvalue weighted by atomic mass is 10.1. The van der Waals surface area contributed by atoms with Crippen LogP contribution in [-0.2, 0) is 10.1 Å². The van der Waals surface area contributed by atoms with Gasteiger partial charge in [-0.3, -0.25) is 4.55 Å². The average Bonchev–Trinajstić information content (AvgIpc) is 2.84. The van der Waals surface area contributed by atoms with E-state index in [1.807, 2.05) is 66.7 Å². The number of fused-ring (bicyclic) bond motifs is 4. The first kappa shape index (κ1) is 22.3. The van der Waals surface area contributed by atoms with E-state index in [0.717, 1.165) is 21.2 Å². The lowest BCUT2D eigenvalue weighted by molar-refractivity contribution is 0.417. The van der Waals surface area contributed by atoms with Crippen LogP contribution in [0.5, 0.6) is 11.5 Å². The third-order valence-corrected chi connectivity index (χ3v) is 9.31. The maximum Gasteiger partial charge on any atom is 0.295 e. The van der Waals surface area contributed by atoms with E-state index in [1.54, 1.807) is 26.4 Å². The summed E-state index contributed by atoms with van der Waals surface area (Å²) in [6.45, 7) is 0. The summed E-state index contributed by atoms with van der Waals surface area (Å²) in [5.74, 6) is 1.25. The second kappa shape index (κ2) is 8.69. The van der Waals surface area contributed by atoms with Gasteiger partial charge in [-0.25, -0.2) is 0 Å². The largest absolute Gasteiger partial charge is 0.496 e. The van der Waals surface area contributed by atoms with Crippen molar-refractivity contribution in [2.45, 2.75) is 4.90 Å². The molecule has 1 unspecified atom stereocenters. The molecule has 1 heterocycles. The van der Waals surface area contributed by atoms with Crippen molar-refractivity contribution in [2.24, 2.45) is 0 Å². The zero-order chi connectivity index (χ0) is 23.9. The molecule has 5 aromatic rings. The van der Waals surface area contributed by atoms with Gasteiger partial charge in [0.1, 0.15) is 27.6 Å². The molecule has 1 aromatic heterocycles. The third-order valence-electron chi connectivity index (χ3n) is 5.63. The average molecular weight is 492 g/mol. The summed E-state index contributed by atoms with van der Waals surface area (Å²) in [4.78, 5) is -0.192. The number of hydrogen-bond donors (Lipinski definition) is 1. The molecule has 4 aromatic carbocycles. The van der Waals surface area contributed by atoms with Crippen molar-refractivity contribution in [2.75, 3.05) is 14.2 Å². The van der Waals surface area contributed by atoms with E-state index in [4.69, 9.17) is 13.9 Å². The number of methoxy groups -OCH3 is 2. The summed E-state index contributed by atoms with van der Waals surface area (Å²) in [5, 5.41) is 3.69. The summed E-state index contributed by atoms with van der Waals surface area (Å²) < 4.78 is 53.0. The Morgan fingerprint density at radius 1 is 0.765 bits per heavy atom. The van der Waals surface area contributed by atoms with Gasteiger partial charge in [-0.2, -0.15) is 8.42 Å². The molecule has 6 nitrogen and oxygen atoms in total. The molecule has 0 amide bonds. The molecule has 0 bridgehead atoms. The van der Waals surface area contributed by atoms with Gasteiger partial charge in [-0.1, -0.05) is 56.1 Å². The Balaban J connectivity index is 2.22. The summed E-state index contributed by atoms with van der Waals surface area (Å²) >= 11 is 0. The van der Waals surface area contributed by atoms with Crippen molar-refractivity contribution in [3.05, 3.63) is 84.9 Å². The Morgan fingerprint density at radius 2 is 1.41 bits per heavy atom. The van der Waals surface area contributed by atoms with Gasteiger partial charge >= 0.3 is 0 Å². The normalized spacial score (nSPS) is 12.1. The maximum absolute atomic E-state index is 12.6. The van der Waals surface area contributed by atoms with E-state index in [0.29, 0.717) is 27.8 Å². The molecular formula is C26H21O6PS. The lowest BCUT2D eigenvalue weighted by Crippen LogP contribution is -1.98. The minimum absolute atomic E-state index is 0.192. The second-order valence-electron chi connectivity index (χ2n) is 7.54. The number of benzene rings is 4. The molecule has 0 radical (unpaired) electrons. The molecule has 0 fully saturated rings. The van der Waals surface area contributed by atoms with E-state index in [2.05, 4.69) is 0 Å². The molecule has 172 valence electrons. The Hall–Kier alpha value is -3.51. The first-order valence-corrected chi connectivity index (χ1v) is 13.2. The number of ether oxygens (including phenoxy) is 2. The Morgan fingerprint density at radius 3 is 2.18 bits per heavy atom. The van der Waals surface area contributed by atoms with E-state index >= 15 is 0 Å². The molecule has 8 heteroatoms. The second-order valence-corrected chi connectivity index (χ2v) is 11.0. The molecule has 0 aliphatic carbocycles. The first-order valence-electron chi connectivity index (χ1n) is 10.4. The van der Waals surface area contributed by atoms with Crippen LogP contribution in [0.3, 0.4) is 0 Å². The third kappa shape index (κ3) is 3.68. The Kier molecular flexibility index (Phi) is 5.70. The SMILES string of the molecule is COc1ccccc1-p1c2ccccc2c2c(OC)cccc2oc2cccc(S(=O)(=O)O)c21. The van der Waals surface area contributed by atoms with Crippen LogP contribution >= 0.6 is 7.53 Å². The van der Waals surface area contributed by atoms with E-state index in [1.165, 1.54) is 6.07 Å². The molecule has 0 spiro atoms.